The molecule has 1 rings (SSSR count). The van der Waals surface area contributed by atoms with Gasteiger partial charge in [0, 0.05) is 27.9 Å². The van der Waals surface area contributed by atoms with Crippen molar-refractivity contribution < 1.29 is 4.74 Å². The zero-order chi connectivity index (χ0) is 11.3. The average molecular weight is 289 g/mol. The van der Waals surface area contributed by atoms with Crippen LogP contribution in [0, 0.1) is 18.3 Å². The van der Waals surface area contributed by atoms with E-state index in [1.807, 2.05) is 13.0 Å². The Kier molecular flexibility index (Phi) is 5.26. The van der Waals surface area contributed by atoms with Gasteiger partial charge in [0.25, 0.3) is 0 Å². The van der Waals surface area contributed by atoms with Crippen LogP contribution in [0.4, 0.5) is 0 Å². The summed E-state index contributed by atoms with van der Waals surface area (Å²) < 4.78 is 5.99. The van der Waals surface area contributed by atoms with Crippen molar-refractivity contribution in [3.05, 3.63) is 20.3 Å². The van der Waals surface area contributed by atoms with Gasteiger partial charge in [-0.05, 0) is 28.9 Å². The average Bonchev–Trinajstić information content (AvgIpc) is 2.54. The molecule has 0 bridgehead atoms. The highest BCUT2D eigenvalue weighted by atomic mass is 79.9. The molecule has 5 heteroatoms. The van der Waals surface area contributed by atoms with Crippen molar-refractivity contribution >= 4 is 27.3 Å². The highest BCUT2D eigenvalue weighted by Gasteiger charge is 2.13. The van der Waals surface area contributed by atoms with E-state index in [1.165, 1.54) is 4.88 Å². The Morgan fingerprint density at radius 1 is 1.73 bits per heavy atom. The fourth-order valence-electron chi connectivity index (χ4n) is 1.14. The molecule has 0 amide bonds. The number of halogens is 1. The second kappa shape index (κ2) is 6.23. The molecule has 0 aliphatic carbocycles. The first kappa shape index (κ1) is 12.7. The fraction of sp³-hybridized carbons (Fsp3) is 0.500. The molecule has 1 atom stereocenters. The zero-order valence-corrected chi connectivity index (χ0v) is 11.1. The van der Waals surface area contributed by atoms with Gasteiger partial charge in [-0.25, -0.2) is 0 Å². The van der Waals surface area contributed by atoms with Crippen LogP contribution >= 0.6 is 27.3 Å². The highest BCUT2D eigenvalue weighted by molar-refractivity contribution is 9.10. The maximum absolute atomic E-state index is 9.02. The van der Waals surface area contributed by atoms with Crippen LogP contribution in [0.25, 0.3) is 0 Å². The van der Waals surface area contributed by atoms with Crippen LogP contribution in [-0.2, 0) is 4.74 Å². The molecule has 1 unspecified atom stereocenters. The van der Waals surface area contributed by atoms with E-state index in [-0.39, 0.29) is 6.04 Å². The molecule has 0 radical (unpaired) electrons. The second-order valence-electron chi connectivity index (χ2n) is 3.06. The molecule has 1 aromatic rings. The molecule has 1 heterocycles. The first-order valence-electron chi connectivity index (χ1n) is 4.56. The summed E-state index contributed by atoms with van der Waals surface area (Å²) in [6.45, 7) is 3.33. The number of nitrogens with zero attached hydrogens (tertiary/aromatic N) is 1. The summed E-state index contributed by atoms with van der Waals surface area (Å²) in [5.74, 6) is 0. The van der Waals surface area contributed by atoms with Crippen LogP contribution in [0.2, 0.25) is 0 Å². The van der Waals surface area contributed by atoms with E-state index < -0.39 is 0 Å². The van der Waals surface area contributed by atoms with Crippen LogP contribution in [0.15, 0.2) is 10.5 Å². The molecule has 0 aliphatic rings. The third kappa shape index (κ3) is 3.58. The summed E-state index contributed by atoms with van der Waals surface area (Å²) >= 11 is 5.08. The van der Waals surface area contributed by atoms with Crippen LogP contribution in [-0.4, -0.2) is 20.3 Å². The monoisotopic (exact) mass is 288 g/mol. The summed E-state index contributed by atoms with van der Waals surface area (Å²) in [6.07, 6.45) is 0. The number of thiophene rings is 1. The molecular weight excluding hydrogens is 276 g/mol. The van der Waals surface area contributed by atoms with Crippen molar-refractivity contribution in [2.24, 2.45) is 0 Å². The van der Waals surface area contributed by atoms with Gasteiger partial charge in [-0.2, -0.15) is 5.26 Å². The number of rotatable bonds is 5. The minimum atomic E-state index is -0.241. The lowest BCUT2D eigenvalue weighted by atomic mass is 10.2. The fourth-order valence-corrected chi connectivity index (χ4v) is 2.72. The number of hydrogen-bond donors (Lipinski definition) is 1. The Morgan fingerprint density at radius 3 is 2.93 bits per heavy atom. The van der Waals surface area contributed by atoms with Gasteiger partial charge in [0.05, 0.1) is 12.7 Å². The van der Waals surface area contributed by atoms with E-state index in [1.54, 1.807) is 18.4 Å². The lowest BCUT2D eigenvalue weighted by Gasteiger charge is -2.08. The first-order valence-corrected chi connectivity index (χ1v) is 6.17. The van der Waals surface area contributed by atoms with E-state index in [2.05, 4.69) is 27.3 Å². The van der Waals surface area contributed by atoms with Crippen molar-refractivity contribution in [1.29, 1.82) is 5.26 Å². The Balaban J connectivity index is 2.63. The van der Waals surface area contributed by atoms with Crippen molar-refractivity contribution in [3.8, 4) is 6.07 Å². The molecular formula is C10H13BrN2OS. The van der Waals surface area contributed by atoms with Crippen LogP contribution in [0.3, 0.4) is 0 Å². The van der Waals surface area contributed by atoms with E-state index in [4.69, 9.17) is 10.00 Å². The van der Waals surface area contributed by atoms with Gasteiger partial charge in [-0.1, -0.05) is 0 Å². The number of nitriles is 1. The molecule has 3 nitrogen and oxygen atoms in total. The molecule has 0 saturated carbocycles. The van der Waals surface area contributed by atoms with Crippen LogP contribution in [0.1, 0.15) is 15.8 Å². The van der Waals surface area contributed by atoms with E-state index >= 15 is 0 Å². The maximum Gasteiger partial charge on any atom is 0.130 e. The minimum absolute atomic E-state index is 0.241. The second-order valence-corrected chi connectivity index (χ2v) is 5.20. The highest BCUT2D eigenvalue weighted by Crippen LogP contribution is 2.30. The summed E-state index contributed by atoms with van der Waals surface area (Å²) in [5.41, 5.74) is 0. The number of hydrogen-bond acceptors (Lipinski definition) is 4. The molecule has 0 fully saturated rings. The Labute approximate surface area is 102 Å². The van der Waals surface area contributed by atoms with E-state index in [0.29, 0.717) is 13.2 Å². The molecule has 1 aromatic heterocycles. The number of aryl methyl sites for hydroxylation is 1. The van der Waals surface area contributed by atoms with Gasteiger partial charge in [0.15, 0.2) is 0 Å². The molecule has 82 valence electrons. The summed E-state index contributed by atoms with van der Waals surface area (Å²) in [6, 6.07) is 3.99. The first-order chi connectivity index (χ1) is 7.19. The predicted octanol–water partition coefficient (Wildman–Crippen LogP) is 2.62. The summed E-state index contributed by atoms with van der Waals surface area (Å²) in [7, 11) is 1.65. The molecule has 0 aliphatic heterocycles. The van der Waals surface area contributed by atoms with Gasteiger partial charge in [0.2, 0.25) is 0 Å². The van der Waals surface area contributed by atoms with Crippen molar-refractivity contribution in [2.75, 3.05) is 20.3 Å². The van der Waals surface area contributed by atoms with Gasteiger partial charge < -0.3 is 4.74 Å². The zero-order valence-electron chi connectivity index (χ0n) is 8.71. The largest absolute Gasteiger partial charge is 0.383 e. The molecule has 15 heavy (non-hydrogen) atoms. The molecule has 1 N–H and O–H groups in total. The third-order valence-corrected chi connectivity index (χ3v) is 4.15. The van der Waals surface area contributed by atoms with Crippen molar-refractivity contribution in [2.45, 2.75) is 13.0 Å². The molecule has 0 saturated heterocycles. The quantitative estimate of drug-likeness (QED) is 0.847. The third-order valence-electron chi connectivity index (χ3n) is 1.94. The lowest BCUT2D eigenvalue weighted by Crippen LogP contribution is -2.23. The van der Waals surface area contributed by atoms with Gasteiger partial charge in [-0.15, -0.1) is 11.3 Å². The number of ether oxygens (including phenoxy) is 1. The number of methoxy groups -OCH3 is 1. The number of nitrogens with one attached hydrogen (secondary N) is 1. The molecule has 0 aromatic carbocycles. The normalized spacial score (nSPS) is 12.4. The summed E-state index contributed by atoms with van der Waals surface area (Å²) in [5, 5.41) is 12.1. The minimum Gasteiger partial charge on any atom is -0.383 e. The maximum atomic E-state index is 9.02. The van der Waals surface area contributed by atoms with Gasteiger partial charge >= 0.3 is 0 Å². The Hall–Kier alpha value is -0.410. The predicted molar refractivity (Wildman–Crippen MR) is 65.0 cm³/mol. The molecule has 0 spiro atoms. The SMILES string of the molecule is COCCNC(C#N)c1cc(Br)c(C)s1. The van der Waals surface area contributed by atoms with Crippen molar-refractivity contribution in [1.82, 2.24) is 5.32 Å². The smallest absolute Gasteiger partial charge is 0.130 e. The standard InChI is InChI=1S/C10H13BrN2OS/c1-7-8(11)5-10(15-7)9(6-12)13-3-4-14-2/h5,9,13H,3-4H2,1-2H3. The Morgan fingerprint density at radius 2 is 2.47 bits per heavy atom. The van der Waals surface area contributed by atoms with Crippen molar-refractivity contribution in [3.63, 3.8) is 0 Å². The topological polar surface area (TPSA) is 45.0 Å². The summed E-state index contributed by atoms with van der Waals surface area (Å²) in [4.78, 5) is 2.23. The Bertz CT molecular complexity index is 339. The van der Waals surface area contributed by atoms with E-state index in [9.17, 15) is 0 Å². The van der Waals surface area contributed by atoms with E-state index in [0.717, 1.165) is 9.35 Å². The van der Waals surface area contributed by atoms with Gasteiger partial charge in [0.1, 0.15) is 6.04 Å². The van der Waals surface area contributed by atoms with Gasteiger partial charge in [-0.3, -0.25) is 5.32 Å². The van der Waals surface area contributed by atoms with Crippen LogP contribution in [0.5, 0.6) is 0 Å². The van der Waals surface area contributed by atoms with Crippen LogP contribution < -0.4 is 5.32 Å². The lowest BCUT2D eigenvalue weighted by molar-refractivity contribution is 0.198.